The van der Waals surface area contributed by atoms with Crippen LogP contribution >= 0.6 is 23.1 Å². The van der Waals surface area contributed by atoms with Gasteiger partial charge in [0.05, 0.1) is 28.8 Å². The number of fused-ring (bicyclic) bond motifs is 1. The number of carbonyl (C=O) groups excluding carboxylic acids is 1. The van der Waals surface area contributed by atoms with Gasteiger partial charge in [0.25, 0.3) is 0 Å². The predicted octanol–water partition coefficient (Wildman–Crippen LogP) is 5.35. The van der Waals surface area contributed by atoms with E-state index in [1.165, 1.54) is 35.2 Å². The molecular weight excluding hydrogens is 383 g/mol. The molecule has 136 valence electrons. The highest BCUT2D eigenvalue weighted by atomic mass is 32.2. The van der Waals surface area contributed by atoms with Gasteiger partial charge in [0.1, 0.15) is 11.6 Å². The molecule has 0 aliphatic rings. The lowest BCUT2D eigenvalue weighted by molar-refractivity contribution is -0.116. The molecule has 2 aromatic carbocycles. The van der Waals surface area contributed by atoms with Gasteiger partial charge in [-0.3, -0.25) is 9.69 Å². The molecule has 0 radical (unpaired) electrons. The van der Waals surface area contributed by atoms with Crippen LogP contribution in [0.2, 0.25) is 0 Å². The maximum Gasteiger partial charge on any atom is 0.239 e. The molecule has 0 spiro atoms. The van der Waals surface area contributed by atoms with E-state index in [0.29, 0.717) is 21.1 Å². The molecule has 0 atom stereocenters. The van der Waals surface area contributed by atoms with Crippen LogP contribution in [0.25, 0.3) is 10.2 Å². The third kappa shape index (κ3) is 4.20. The van der Waals surface area contributed by atoms with Gasteiger partial charge >= 0.3 is 0 Å². The molecular formula is C20H15FN2O2S2. The Morgan fingerprint density at radius 2 is 2.00 bits per heavy atom. The van der Waals surface area contributed by atoms with Crippen LogP contribution in [-0.4, -0.2) is 16.6 Å². The number of furan rings is 1. The largest absolute Gasteiger partial charge is 0.467 e. The van der Waals surface area contributed by atoms with E-state index in [1.807, 2.05) is 36.4 Å². The molecule has 4 aromatic rings. The SMILES string of the molecule is O=C(CSc1ccccc1)N(Cc1ccco1)c1nc2ccc(F)cc2s1. The first-order chi connectivity index (χ1) is 13.2. The molecule has 4 nitrogen and oxygen atoms in total. The second-order valence-electron chi connectivity index (χ2n) is 5.77. The molecule has 0 saturated heterocycles. The molecule has 0 N–H and O–H groups in total. The minimum atomic E-state index is -0.318. The van der Waals surface area contributed by atoms with E-state index in [0.717, 1.165) is 4.90 Å². The fourth-order valence-electron chi connectivity index (χ4n) is 2.56. The van der Waals surface area contributed by atoms with Crippen molar-refractivity contribution < 1.29 is 13.6 Å². The van der Waals surface area contributed by atoms with Crippen molar-refractivity contribution in [3.63, 3.8) is 0 Å². The van der Waals surface area contributed by atoms with E-state index in [9.17, 15) is 9.18 Å². The molecule has 2 heterocycles. The van der Waals surface area contributed by atoms with Crippen molar-refractivity contribution in [3.05, 3.63) is 78.5 Å². The molecule has 0 unspecified atom stereocenters. The van der Waals surface area contributed by atoms with Crippen LogP contribution in [0, 0.1) is 5.82 Å². The summed E-state index contributed by atoms with van der Waals surface area (Å²) in [4.78, 5) is 20.1. The molecule has 0 aliphatic heterocycles. The zero-order valence-electron chi connectivity index (χ0n) is 14.2. The summed E-state index contributed by atoms with van der Waals surface area (Å²) in [5.41, 5.74) is 0.671. The van der Waals surface area contributed by atoms with Crippen molar-refractivity contribution in [1.29, 1.82) is 0 Å². The molecule has 2 aromatic heterocycles. The van der Waals surface area contributed by atoms with Crippen LogP contribution in [0.4, 0.5) is 9.52 Å². The maximum absolute atomic E-state index is 13.5. The Hall–Kier alpha value is -2.64. The summed E-state index contributed by atoms with van der Waals surface area (Å²) in [5.74, 6) is 0.536. The first-order valence-corrected chi connectivity index (χ1v) is 10.1. The van der Waals surface area contributed by atoms with E-state index in [4.69, 9.17) is 4.42 Å². The minimum absolute atomic E-state index is 0.0835. The van der Waals surface area contributed by atoms with Gasteiger partial charge in [0, 0.05) is 4.90 Å². The van der Waals surface area contributed by atoms with E-state index < -0.39 is 0 Å². The quantitative estimate of drug-likeness (QED) is 0.411. The fourth-order valence-corrected chi connectivity index (χ4v) is 4.36. The number of halogens is 1. The zero-order chi connectivity index (χ0) is 18.6. The summed E-state index contributed by atoms with van der Waals surface area (Å²) < 4.78 is 19.6. The number of thiazole rings is 1. The lowest BCUT2D eigenvalue weighted by Crippen LogP contribution is -2.31. The highest BCUT2D eigenvalue weighted by Crippen LogP contribution is 2.31. The van der Waals surface area contributed by atoms with E-state index in [2.05, 4.69) is 4.98 Å². The molecule has 0 saturated carbocycles. The molecule has 1 amide bonds. The summed E-state index contributed by atoms with van der Waals surface area (Å²) in [6.07, 6.45) is 1.57. The maximum atomic E-state index is 13.5. The third-order valence-electron chi connectivity index (χ3n) is 3.87. The number of aromatic nitrogens is 1. The summed E-state index contributed by atoms with van der Waals surface area (Å²) in [6.45, 7) is 0.281. The van der Waals surface area contributed by atoms with Gasteiger partial charge < -0.3 is 4.42 Å². The monoisotopic (exact) mass is 398 g/mol. The van der Waals surface area contributed by atoms with Crippen LogP contribution in [0.5, 0.6) is 0 Å². The summed E-state index contributed by atoms with van der Waals surface area (Å²) in [7, 11) is 0. The van der Waals surface area contributed by atoms with Gasteiger partial charge in [0.15, 0.2) is 5.13 Å². The summed E-state index contributed by atoms with van der Waals surface area (Å²) in [6, 6.07) is 17.8. The molecule has 0 bridgehead atoms. The normalized spacial score (nSPS) is 11.0. The Kier molecular flexibility index (Phi) is 5.22. The zero-order valence-corrected chi connectivity index (χ0v) is 15.8. The summed E-state index contributed by atoms with van der Waals surface area (Å²) >= 11 is 2.76. The number of anilines is 1. The first-order valence-electron chi connectivity index (χ1n) is 8.26. The standard InChI is InChI=1S/C20H15FN2O2S2/c21-14-8-9-17-18(11-14)27-20(22-17)23(12-15-5-4-10-25-15)19(24)13-26-16-6-2-1-3-7-16/h1-11H,12-13H2. The summed E-state index contributed by atoms with van der Waals surface area (Å²) in [5, 5.41) is 0.533. The van der Waals surface area contributed by atoms with Crippen molar-refractivity contribution >= 4 is 44.4 Å². The number of benzene rings is 2. The van der Waals surface area contributed by atoms with Crippen molar-refractivity contribution in [2.45, 2.75) is 11.4 Å². The Morgan fingerprint density at radius 3 is 2.78 bits per heavy atom. The third-order valence-corrected chi connectivity index (χ3v) is 5.91. The van der Waals surface area contributed by atoms with Gasteiger partial charge in [-0.1, -0.05) is 29.5 Å². The van der Waals surface area contributed by atoms with Gasteiger partial charge in [-0.2, -0.15) is 0 Å². The lowest BCUT2D eigenvalue weighted by Gasteiger charge is -2.18. The van der Waals surface area contributed by atoms with Crippen molar-refractivity contribution in [1.82, 2.24) is 4.98 Å². The smallest absolute Gasteiger partial charge is 0.239 e. The Balaban J connectivity index is 1.60. The van der Waals surface area contributed by atoms with Crippen molar-refractivity contribution in [2.24, 2.45) is 0 Å². The molecule has 27 heavy (non-hydrogen) atoms. The number of nitrogens with zero attached hydrogens (tertiary/aromatic N) is 2. The van der Waals surface area contributed by atoms with E-state index in [-0.39, 0.29) is 24.0 Å². The second kappa shape index (κ2) is 7.94. The van der Waals surface area contributed by atoms with E-state index >= 15 is 0 Å². The highest BCUT2D eigenvalue weighted by Gasteiger charge is 2.21. The molecule has 7 heteroatoms. The number of hydrogen-bond acceptors (Lipinski definition) is 5. The second-order valence-corrected chi connectivity index (χ2v) is 7.83. The van der Waals surface area contributed by atoms with Crippen LogP contribution in [0.3, 0.4) is 0 Å². The van der Waals surface area contributed by atoms with Gasteiger partial charge in [-0.25, -0.2) is 9.37 Å². The Labute approximate surface area is 163 Å². The Bertz CT molecular complexity index is 1050. The van der Waals surface area contributed by atoms with Crippen LogP contribution in [0.1, 0.15) is 5.76 Å². The van der Waals surface area contributed by atoms with Crippen molar-refractivity contribution in [2.75, 3.05) is 10.7 Å². The number of thioether (sulfide) groups is 1. The van der Waals surface area contributed by atoms with Gasteiger partial charge in [-0.15, -0.1) is 11.8 Å². The number of amides is 1. The predicted molar refractivity (Wildman–Crippen MR) is 107 cm³/mol. The number of hydrogen-bond donors (Lipinski definition) is 0. The molecule has 0 fully saturated rings. The van der Waals surface area contributed by atoms with Crippen LogP contribution in [0.15, 0.2) is 76.2 Å². The average Bonchev–Trinajstić information content (AvgIpc) is 3.34. The highest BCUT2D eigenvalue weighted by molar-refractivity contribution is 8.00. The Morgan fingerprint density at radius 1 is 1.15 bits per heavy atom. The first kappa shape index (κ1) is 17.8. The fraction of sp³-hybridized carbons (Fsp3) is 0.100. The van der Waals surface area contributed by atoms with Crippen LogP contribution < -0.4 is 4.90 Å². The van der Waals surface area contributed by atoms with E-state index in [1.54, 1.807) is 23.3 Å². The van der Waals surface area contributed by atoms with Gasteiger partial charge in [0.2, 0.25) is 5.91 Å². The molecule has 4 rings (SSSR count). The van der Waals surface area contributed by atoms with Crippen LogP contribution in [-0.2, 0) is 11.3 Å². The number of rotatable bonds is 6. The molecule has 0 aliphatic carbocycles. The minimum Gasteiger partial charge on any atom is -0.467 e. The van der Waals surface area contributed by atoms with Crippen molar-refractivity contribution in [3.8, 4) is 0 Å². The number of carbonyl (C=O) groups is 1. The van der Waals surface area contributed by atoms with Gasteiger partial charge in [-0.05, 0) is 42.5 Å². The average molecular weight is 398 g/mol. The lowest BCUT2D eigenvalue weighted by atomic mass is 10.3. The topological polar surface area (TPSA) is 46.3 Å².